The van der Waals surface area contributed by atoms with Crippen molar-refractivity contribution in [2.24, 2.45) is 10.9 Å². The van der Waals surface area contributed by atoms with Crippen LogP contribution in [-0.4, -0.2) is 74.3 Å². The lowest BCUT2D eigenvalue weighted by Gasteiger charge is -2.23. The molecule has 12 nitrogen and oxygen atoms in total. The first kappa shape index (κ1) is 32.4. The molecule has 0 spiro atoms. The summed E-state index contributed by atoms with van der Waals surface area (Å²) in [7, 11) is -7.84. The van der Waals surface area contributed by atoms with Gasteiger partial charge in [0.05, 0.1) is 4.90 Å². The second-order valence-corrected chi connectivity index (χ2v) is 13.3. The Morgan fingerprint density at radius 3 is 2.36 bits per heavy atom. The molecule has 0 saturated carbocycles. The Hall–Kier alpha value is -4.14. The second-order valence-electron chi connectivity index (χ2n) is 9.45. The molecular weight excluding hydrogens is 586 g/mol. The molecule has 0 aliphatic carbocycles. The van der Waals surface area contributed by atoms with Crippen LogP contribution in [0, 0.1) is 0 Å². The molecule has 0 atom stereocenters. The van der Waals surface area contributed by atoms with Crippen molar-refractivity contribution in [3.8, 4) is 22.6 Å². The maximum absolute atomic E-state index is 13.7. The highest BCUT2D eigenvalue weighted by atomic mass is 32.2. The van der Waals surface area contributed by atoms with Gasteiger partial charge in [-0.15, -0.1) is 0 Å². The van der Waals surface area contributed by atoms with Crippen molar-refractivity contribution in [1.82, 2.24) is 4.31 Å². The lowest BCUT2D eigenvalue weighted by Crippen LogP contribution is -2.34. The standard InChI is InChI=1S/C28H33N3O9S2/c1-3-4-14-31(42(38,39)26-17-21(28(29)30-35)11-12-23(26)32)15-13-19-9-10-20(16-24(19)40-18-27(33)34)22-7-5-6-8-25(22)41(2,36)37/h5-12,16-17,32,35H,3-4,13-15,18H2,1-2H3,(H2,29,30)(H,33,34). The van der Waals surface area contributed by atoms with Gasteiger partial charge in [0.1, 0.15) is 16.4 Å². The molecule has 0 aliphatic heterocycles. The van der Waals surface area contributed by atoms with Crippen LogP contribution in [0.5, 0.6) is 11.5 Å². The Labute approximate surface area is 244 Å². The maximum atomic E-state index is 13.7. The number of oxime groups is 1. The monoisotopic (exact) mass is 619 g/mol. The van der Waals surface area contributed by atoms with Gasteiger partial charge in [-0.1, -0.05) is 48.8 Å². The molecule has 5 N–H and O–H groups in total. The van der Waals surface area contributed by atoms with E-state index in [-0.39, 0.29) is 41.6 Å². The molecule has 0 heterocycles. The molecule has 3 aromatic rings. The zero-order valence-corrected chi connectivity index (χ0v) is 24.7. The summed E-state index contributed by atoms with van der Waals surface area (Å²) in [5.41, 5.74) is 7.08. The van der Waals surface area contributed by atoms with E-state index in [1.165, 1.54) is 22.5 Å². The van der Waals surface area contributed by atoms with Crippen LogP contribution in [-0.2, 0) is 31.1 Å². The number of rotatable bonds is 14. The van der Waals surface area contributed by atoms with E-state index in [2.05, 4.69) is 5.16 Å². The number of phenolic OH excluding ortho intramolecular Hbond substituents is 1. The van der Waals surface area contributed by atoms with Crippen molar-refractivity contribution >= 4 is 31.7 Å². The molecule has 3 aromatic carbocycles. The minimum atomic E-state index is -4.26. The van der Waals surface area contributed by atoms with Gasteiger partial charge in [-0.3, -0.25) is 0 Å². The van der Waals surface area contributed by atoms with E-state index in [1.807, 2.05) is 6.92 Å². The number of carboxylic acid groups (broad SMARTS) is 1. The highest BCUT2D eigenvalue weighted by Gasteiger charge is 2.28. The molecule has 0 fully saturated rings. The number of aromatic hydroxyl groups is 1. The van der Waals surface area contributed by atoms with Crippen LogP contribution in [0.15, 0.2) is 75.6 Å². The minimum absolute atomic E-state index is 0.0573. The minimum Gasteiger partial charge on any atom is -0.507 e. The number of ether oxygens (including phenoxy) is 1. The molecule has 14 heteroatoms. The Morgan fingerprint density at radius 1 is 1.00 bits per heavy atom. The predicted molar refractivity (Wildman–Crippen MR) is 156 cm³/mol. The van der Waals surface area contributed by atoms with Crippen molar-refractivity contribution in [3.63, 3.8) is 0 Å². The third kappa shape index (κ3) is 7.78. The summed E-state index contributed by atoms with van der Waals surface area (Å²) in [5, 5.41) is 31.5. The number of benzene rings is 3. The van der Waals surface area contributed by atoms with Gasteiger partial charge in [0.25, 0.3) is 0 Å². The van der Waals surface area contributed by atoms with Gasteiger partial charge in [0.15, 0.2) is 22.3 Å². The van der Waals surface area contributed by atoms with Crippen LogP contribution in [0.25, 0.3) is 11.1 Å². The van der Waals surface area contributed by atoms with Crippen LogP contribution in [0.1, 0.15) is 30.9 Å². The Morgan fingerprint density at radius 2 is 1.71 bits per heavy atom. The summed E-state index contributed by atoms with van der Waals surface area (Å²) in [5.74, 6) is -1.91. The highest BCUT2D eigenvalue weighted by molar-refractivity contribution is 7.90. The molecular formula is C28H33N3O9S2. The molecule has 0 aliphatic rings. The third-order valence-electron chi connectivity index (χ3n) is 6.39. The molecule has 3 rings (SSSR count). The van der Waals surface area contributed by atoms with Gasteiger partial charge in [-0.2, -0.15) is 4.31 Å². The van der Waals surface area contributed by atoms with Crippen LogP contribution in [0.4, 0.5) is 0 Å². The summed E-state index contributed by atoms with van der Waals surface area (Å²) in [6.45, 7) is 1.29. The quantitative estimate of drug-likeness (QED) is 0.0900. The topological polar surface area (TPSA) is 197 Å². The Bertz CT molecular complexity index is 1690. The molecule has 226 valence electrons. The van der Waals surface area contributed by atoms with Crippen molar-refractivity contribution in [2.75, 3.05) is 26.0 Å². The fraction of sp³-hybridized carbons (Fsp3) is 0.286. The molecule has 42 heavy (non-hydrogen) atoms. The molecule has 0 bridgehead atoms. The van der Waals surface area contributed by atoms with Gasteiger partial charge in [-0.25, -0.2) is 21.6 Å². The first-order chi connectivity index (χ1) is 19.8. The smallest absolute Gasteiger partial charge is 0.341 e. The Balaban J connectivity index is 2.01. The lowest BCUT2D eigenvalue weighted by molar-refractivity contribution is -0.139. The predicted octanol–water partition coefficient (Wildman–Crippen LogP) is 3.05. The third-order valence-corrected chi connectivity index (χ3v) is 9.47. The van der Waals surface area contributed by atoms with Crippen molar-refractivity contribution in [3.05, 3.63) is 71.8 Å². The fourth-order valence-electron chi connectivity index (χ4n) is 4.24. The van der Waals surface area contributed by atoms with Gasteiger partial charge < -0.3 is 25.9 Å². The number of carbonyl (C=O) groups is 1. The van der Waals surface area contributed by atoms with Crippen molar-refractivity contribution in [1.29, 1.82) is 0 Å². The van der Waals surface area contributed by atoms with E-state index in [9.17, 15) is 31.8 Å². The number of nitrogens with two attached hydrogens (primary N) is 1. The number of nitrogens with zero attached hydrogens (tertiary/aromatic N) is 2. The van der Waals surface area contributed by atoms with Crippen LogP contribution in [0.3, 0.4) is 0 Å². The van der Waals surface area contributed by atoms with E-state index >= 15 is 0 Å². The van der Waals surface area contributed by atoms with Crippen LogP contribution < -0.4 is 10.5 Å². The number of sulfone groups is 1. The number of aliphatic carboxylic acids is 1. The average Bonchev–Trinajstić information content (AvgIpc) is 2.95. The first-order valence-electron chi connectivity index (χ1n) is 12.9. The number of hydrogen-bond acceptors (Lipinski definition) is 9. The zero-order valence-electron chi connectivity index (χ0n) is 23.1. The molecule has 0 radical (unpaired) electrons. The summed E-state index contributed by atoms with van der Waals surface area (Å²) < 4.78 is 58.8. The van der Waals surface area contributed by atoms with Gasteiger partial charge in [-0.05, 0) is 54.3 Å². The highest BCUT2D eigenvalue weighted by Crippen LogP contribution is 2.33. The second kappa shape index (κ2) is 13.7. The van der Waals surface area contributed by atoms with Crippen LogP contribution >= 0.6 is 0 Å². The van der Waals surface area contributed by atoms with Gasteiger partial charge in [0, 0.05) is 30.5 Å². The molecule has 0 aromatic heterocycles. The van der Waals surface area contributed by atoms with Gasteiger partial charge >= 0.3 is 5.97 Å². The maximum Gasteiger partial charge on any atom is 0.341 e. The SMILES string of the molecule is CCCCN(CCc1ccc(-c2ccccc2S(C)(=O)=O)cc1OCC(=O)O)S(=O)(=O)c1cc(C(N)=NO)ccc1O. The summed E-state index contributed by atoms with van der Waals surface area (Å²) >= 11 is 0. The largest absolute Gasteiger partial charge is 0.507 e. The molecule has 0 saturated heterocycles. The van der Waals surface area contributed by atoms with Crippen molar-refractivity contribution in [2.45, 2.75) is 36.0 Å². The van der Waals surface area contributed by atoms with Crippen molar-refractivity contribution < 1.29 is 41.8 Å². The number of unbranched alkanes of at least 4 members (excludes halogenated alkanes) is 1. The number of phenols is 1. The average molecular weight is 620 g/mol. The number of amidine groups is 1. The number of sulfonamides is 1. The lowest BCUT2D eigenvalue weighted by atomic mass is 10.0. The first-order valence-corrected chi connectivity index (χ1v) is 16.2. The van der Waals surface area contributed by atoms with Gasteiger partial charge in [0.2, 0.25) is 10.0 Å². The molecule has 0 amide bonds. The fourth-order valence-corrected chi connectivity index (χ4v) is 6.74. The van der Waals surface area contributed by atoms with E-state index in [0.717, 1.165) is 18.4 Å². The number of carboxylic acids is 1. The van der Waals surface area contributed by atoms with E-state index in [0.29, 0.717) is 29.5 Å². The summed E-state index contributed by atoms with van der Waals surface area (Å²) in [6, 6.07) is 14.8. The van der Waals surface area contributed by atoms with E-state index in [4.69, 9.17) is 15.7 Å². The summed E-state index contributed by atoms with van der Waals surface area (Å²) in [6.07, 6.45) is 2.39. The zero-order chi connectivity index (χ0) is 31.1. The molecule has 0 unspecified atom stereocenters. The number of hydrogen-bond donors (Lipinski definition) is 4. The van der Waals surface area contributed by atoms with E-state index in [1.54, 1.807) is 30.3 Å². The summed E-state index contributed by atoms with van der Waals surface area (Å²) in [4.78, 5) is 10.9. The van der Waals surface area contributed by atoms with Crippen LogP contribution in [0.2, 0.25) is 0 Å². The normalized spacial score (nSPS) is 12.4. The Kier molecular flexibility index (Phi) is 10.5. The van der Waals surface area contributed by atoms with E-state index < -0.39 is 43.1 Å².